The van der Waals surface area contributed by atoms with Crippen molar-refractivity contribution in [2.45, 2.75) is 20.3 Å². The Morgan fingerprint density at radius 1 is 1.80 bits per heavy atom. The maximum atomic E-state index is 11.1. The SMILES string of the molecule is CCON1CCC(C)C1=O. The van der Waals surface area contributed by atoms with Gasteiger partial charge in [-0.1, -0.05) is 6.92 Å². The highest BCUT2D eigenvalue weighted by Gasteiger charge is 2.28. The molecule has 0 aromatic heterocycles. The van der Waals surface area contributed by atoms with Gasteiger partial charge in [0.2, 0.25) is 5.91 Å². The highest BCUT2D eigenvalue weighted by Crippen LogP contribution is 2.16. The van der Waals surface area contributed by atoms with E-state index in [-0.39, 0.29) is 11.8 Å². The zero-order chi connectivity index (χ0) is 7.56. The van der Waals surface area contributed by atoms with E-state index in [4.69, 9.17) is 4.84 Å². The minimum Gasteiger partial charge on any atom is -0.272 e. The molecular weight excluding hydrogens is 130 g/mol. The van der Waals surface area contributed by atoms with Crippen molar-refractivity contribution in [3.63, 3.8) is 0 Å². The Morgan fingerprint density at radius 2 is 2.50 bits per heavy atom. The average Bonchev–Trinajstić information content (AvgIpc) is 2.20. The van der Waals surface area contributed by atoms with Crippen molar-refractivity contribution in [1.29, 1.82) is 0 Å². The van der Waals surface area contributed by atoms with Crippen LogP contribution in [-0.4, -0.2) is 24.1 Å². The standard InChI is InChI=1S/C7H13NO2/c1-3-10-8-5-4-6(2)7(8)9/h6H,3-5H2,1-2H3. The lowest BCUT2D eigenvalue weighted by molar-refractivity contribution is -0.177. The van der Waals surface area contributed by atoms with Crippen molar-refractivity contribution in [2.24, 2.45) is 5.92 Å². The Balaban J connectivity index is 2.41. The first-order valence-corrected chi connectivity index (χ1v) is 3.70. The predicted octanol–water partition coefficient (Wildman–Crippen LogP) is 0.806. The van der Waals surface area contributed by atoms with E-state index in [0.29, 0.717) is 6.61 Å². The second kappa shape index (κ2) is 3.01. The van der Waals surface area contributed by atoms with E-state index < -0.39 is 0 Å². The van der Waals surface area contributed by atoms with Crippen LogP contribution in [-0.2, 0) is 9.63 Å². The molecule has 0 aromatic rings. The first-order chi connectivity index (χ1) is 4.75. The lowest BCUT2D eigenvalue weighted by Gasteiger charge is -2.13. The molecule has 3 nitrogen and oxygen atoms in total. The van der Waals surface area contributed by atoms with E-state index in [0.717, 1.165) is 13.0 Å². The fourth-order valence-electron chi connectivity index (χ4n) is 1.07. The van der Waals surface area contributed by atoms with Crippen molar-refractivity contribution in [3.8, 4) is 0 Å². The highest BCUT2D eigenvalue weighted by molar-refractivity contribution is 5.79. The van der Waals surface area contributed by atoms with E-state index in [1.165, 1.54) is 5.06 Å². The van der Waals surface area contributed by atoms with Crippen molar-refractivity contribution < 1.29 is 9.63 Å². The molecule has 1 fully saturated rings. The van der Waals surface area contributed by atoms with Gasteiger partial charge in [0.25, 0.3) is 0 Å². The van der Waals surface area contributed by atoms with Crippen LogP contribution >= 0.6 is 0 Å². The predicted molar refractivity (Wildman–Crippen MR) is 37.1 cm³/mol. The number of carbonyl (C=O) groups excluding carboxylic acids is 1. The summed E-state index contributed by atoms with van der Waals surface area (Å²) < 4.78 is 0. The molecule has 0 saturated carbocycles. The second-order valence-electron chi connectivity index (χ2n) is 2.55. The summed E-state index contributed by atoms with van der Waals surface area (Å²) in [5, 5.41) is 1.46. The van der Waals surface area contributed by atoms with Gasteiger partial charge in [0.15, 0.2) is 0 Å². The van der Waals surface area contributed by atoms with E-state index >= 15 is 0 Å². The number of hydrogen-bond donors (Lipinski definition) is 0. The molecule has 1 amide bonds. The van der Waals surface area contributed by atoms with Gasteiger partial charge in [-0.2, -0.15) is 0 Å². The highest BCUT2D eigenvalue weighted by atomic mass is 16.7. The van der Waals surface area contributed by atoms with Gasteiger partial charge in [-0.25, -0.2) is 5.06 Å². The van der Waals surface area contributed by atoms with E-state index in [9.17, 15) is 4.79 Å². The van der Waals surface area contributed by atoms with Crippen LogP contribution in [0.2, 0.25) is 0 Å². The minimum absolute atomic E-state index is 0.127. The second-order valence-corrected chi connectivity index (χ2v) is 2.55. The molecule has 0 aliphatic carbocycles. The molecule has 3 heteroatoms. The molecule has 0 aromatic carbocycles. The van der Waals surface area contributed by atoms with Gasteiger partial charge in [0.1, 0.15) is 0 Å². The fraction of sp³-hybridized carbons (Fsp3) is 0.857. The van der Waals surface area contributed by atoms with Crippen LogP contribution in [0.15, 0.2) is 0 Å². The summed E-state index contributed by atoms with van der Waals surface area (Å²) in [6.45, 7) is 5.16. The summed E-state index contributed by atoms with van der Waals surface area (Å²) in [5.41, 5.74) is 0. The lowest BCUT2D eigenvalue weighted by atomic mass is 10.1. The minimum atomic E-state index is 0.127. The van der Waals surface area contributed by atoms with Crippen molar-refractivity contribution in [1.82, 2.24) is 5.06 Å². The van der Waals surface area contributed by atoms with Crippen LogP contribution in [0, 0.1) is 5.92 Å². The fourth-order valence-corrected chi connectivity index (χ4v) is 1.07. The molecule has 1 saturated heterocycles. The number of nitrogens with zero attached hydrogens (tertiary/aromatic N) is 1. The quantitative estimate of drug-likeness (QED) is 0.572. The van der Waals surface area contributed by atoms with Gasteiger partial charge in [0, 0.05) is 12.5 Å². The normalized spacial score (nSPS) is 26.0. The molecule has 0 radical (unpaired) electrons. The maximum Gasteiger partial charge on any atom is 0.249 e. The summed E-state index contributed by atoms with van der Waals surface area (Å²) in [6, 6.07) is 0. The van der Waals surface area contributed by atoms with Crippen LogP contribution in [0.1, 0.15) is 20.3 Å². The lowest BCUT2D eigenvalue weighted by Crippen LogP contribution is -2.26. The smallest absolute Gasteiger partial charge is 0.249 e. The van der Waals surface area contributed by atoms with Crippen LogP contribution in [0.3, 0.4) is 0 Å². The molecule has 1 atom stereocenters. The van der Waals surface area contributed by atoms with Crippen LogP contribution in [0.5, 0.6) is 0 Å². The molecule has 0 N–H and O–H groups in total. The van der Waals surface area contributed by atoms with E-state index in [1.807, 2.05) is 13.8 Å². The number of carbonyl (C=O) groups is 1. The third-order valence-corrected chi connectivity index (χ3v) is 1.72. The summed E-state index contributed by atoms with van der Waals surface area (Å²) in [5.74, 6) is 0.286. The summed E-state index contributed by atoms with van der Waals surface area (Å²) >= 11 is 0. The number of rotatable bonds is 2. The Morgan fingerprint density at radius 3 is 2.90 bits per heavy atom. The van der Waals surface area contributed by atoms with Crippen LogP contribution in [0.4, 0.5) is 0 Å². The molecule has 1 heterocycles. The first-order valence-electron chi connectivity index (χ1n) is 3.70. The Kier molecular flexibility index (Phi) is 2.27. The Hall–Kier alpha value is -0.570. The molecule has 0 spiro atoms. The van der Waals surface area contributed by atoms with Gasteiger partial charge in [-0.15, -0.1) is 0 Å². The van der Waals surface area contributed by atoms with Crippen molar-refractivity contribution >= 4 is 5.91 Å². The zero-order valence-electron chi connectivity index (χ0n) is 6.46. The molecule has 1 unspecified atom stereocenters. The summed E-state index contributed by atoms with van der Waals surface area (Å²) in [6.07, 6.45) is 0.929. The van der Waals surface area contributed by atoms with Crippen LogP contribution in [0.25, 0.3) is 0 Å². The van der Waals surface area contributed by atoms with E-state index in [1.54, 1.807) is 0 Å². The molecule has 1 aliphatic heterocycles. The van der Waals surface area contributed by atoms with Crippen molar-refractivity contribution in [3.05, 3.63) is 0 Å². The molecule has 1 rings (SSSR count). The molecule has 10 heavy (non-hydrogen) atoms. The Bertz CT molecular complexity index is 134. The average molecular weight is 143 g/mol. The van der Waals surface area contributed by atoms with Gasteiger partial charge >= 0.3 is 0 Å². The number of hydroxylamine groups is 2. The summed E-state index contributed by atoms with van der Waals surface area (Å²) in [7, 11) is 0. The molecule has 58 valence electrons. The maximum absolute atomic E-state index is 11.1. The third kappa shape index (κ3) is 1.29. The third-order valence-electron chi connectivity index (χ3n) is 1.72. The van der Waals surface area contributed by atoms with Crippen LogP contribution < -0.4 is 0 Å². The van der Waals surface area contributed by atoms with Gasteiger partial charge < -0.3 is 0 Å². The zero-order valence-corrected chi connectivity index (χ0v) is 6.46. The van der Waals surface area contributed by atoms with E-state index in [2.05, 4.69) is 0 Å². The molecular formula is C7H13NO2. The number of hydrogen-bond acceptors (Lipinski definition) is 2. The summed E-state index contributed by atoms with van der Waals surface area (Å²) in [4.78, 5) is 16.2. The van der Waals surface area contributed by atoms with Gasteiger partial charge in [-0.3, -0.25) is 9.63 Å². The molecule has 1 aliphatic rings. The van der Waals surface area contributed by atoms with Gasteiger partial charge in [-0.05, 0) is 13.3 Å². The Labute approximate surface area is 60.9 Å². The number of amides is 1. The topological polar surface area (TPSA) is 29.5 Å². The first kappa shape index (κ1) is 7.54. The monoisotopic (exact) mass is 143 g/mol. The van der Waals surface area contributed by atoms with Crippen molar-refractivity contribution in [2.75, 3.05) is 13.2 Å². The largest absolute Gasteiger partial charge is 0.272 e. The molecule has 0 bridgehead atoms. The van der Waals surface area contributed by atoms with Gasteiger partial charge in [0.05, 0.1) is 6.61 Å².